The second-order valence-electron chi connectivity index (χ2n) is 4.84. The van der Waals surface area contributed by atoms with Gasteiger partial charge in [-0.2, -0.15) is 0 Å². The minimum atomic E-state index is 0.325. The summed E-state index contributed by atoms with van der Waals surface area (Å²) in [6.07, 6.45) is 0. The largest absolute Gasteiger partial charge is 0.492 e. The number of aryl methyl sites for hydroxylation is 1. The summed E-state index contributed by atoms with van der Waals surface area (Å²) in [5, 5.41) is 4.19. The summed E-state index contributed by atoms with van der Waals surface area (Å²) >= 11 is 5.92. The van der Waals surface area contributed by atoms with Gasteiger partial charge in [0.2, 0.25) is 0 Å². The Morgan fingerprint density at radius 3 is 2.60 bits per heavy atom. The Kier molecular flexibility index (Phi) is 5.45. The van der Waals surface area contributed by atoms with Crippen LogP contribution < -0.4 is 10.1 Å². The van der Waals surface area contributed by atoms with Crippen LogP contribution in [0, 0.1) is 6.92 Å². The van der Waals surface area contributed by atoms with Gasteiger partial charge in [0.1, 0.15) is 12.4 Å². The lowest BCUT2D eigenvalue weighted by Crippen LogP contribution is -2.24. The first-order chi connectivity index (χ1) is 9.66. The van der Waals surface area contributed by atoms with E-state index in [1.165, 1.54) is 5.56 Å². The Labute approximate surface area is 125 Å². The Balaban J connectivity index is 1.76. The molecular weight excluding hydrogens is 270 g/mol. The molecule has 1 unspecified atom stereocenters. The van der Waals surface area contributed by atoms with Gasteiger partial charge in [-0.1, -0.05) is 41.9 Å². The molecule has 0 saturated carbocycles. The lowest BCUT2D eigenvalue weighted by molar-refractivity contribution is 0.305. The quantitative estimate of drug-likeness (QED) is 0.797. The molecule has 106 valence electrons. The number of benzene rings is 2. The van der Waals surface area contributed by atoms with Gasteiger partial charge in [-0.25, -0.2) is 0 Å². The average Bonchev–Trinajstić information content (AvgIpc) is 2.46. The molecule has 0 bridgehead atoms. The van der Waals surface area contributed by atoms with Crippen LogP contribution in [-0.2, 0) is 0 Å². The minimum absolute atomic E-state index is 0.325. The normalized spacial score (nSPS) is 12.2. The molecule has 0 saturated heterocycles. The Morgan fingerprint density at radius 1 is 1.15 bits per heavy atom. The molecule has 0 aliphatic carbocycles. The third kappa shape index (κ3) is 4.26. The first-order valence-electron chi connectivity index (χ1n) is 6.84. The molecule has 2 nitrogen and oxygen atoms in total. The fourth-order valence-corrected chi connectivity index (χ4v) is 2.30. The highest BCUT2D eigenvalue weighted by molar-refractivity contribution is 6.30. The van der Waals surface area contributed by atoms with E-state index in [1.54, 1.807) is 0 Å². The lowest BCUT2D eigenvalue weighted by Gasteiger charge is -2.15. The molecule has 0 heterocycles. The van der Waals surface area contributed by atoms with Crippen molar-refractivity contribution in [2.75, 3.05) is 13.2 Å². The number of rotatable bonds is 6. The molecule has 2 aromatic rings. The standard InChI is InChI=1S/C17H20ClNO/c1-13-12-16(18)8-9-17(13)20-11-10-19-14(2)15-6-4-3-5-7-15/h3-9,12,14,19H,10-11H2,1-2H3. The molecule has 1 atom stereocenters. The predicted molar refractivity (Wildman–Crippen MR) is 84.5 cm³/mol. The van der Waals surface area contributed by atoms with Crippen molar-refractivity contribution in [2.45, 2.75) is 19.9 Å². The first-order valence-corrected chi connectivity index (χ1v) is 7.22. The van der Waals surface area contributed by atoms with E-state index in [0.717, 1.165) is 22.9 Å². The topological polar surface area (TPSA) is 21.3 Å². The van der Waals surface area contributed by atoms with Crippen LogP contribution in [0.15, 0.2) is 48.5 Å². The zero-order chi connectivity index (χ0) is 14.4. The smallest absolute Gasteiger partial charge is 0.122 e. The van der Waals surface area contributed by atoms with Crippen molar-refractivity contribution in [3.8, 4) is 5.75 Å². The highest BCUT2D eigenvalue weighted by atomic mass is 35.5. The van der Waals surface area contributed by atoms with E-state index in [1.807, 2.05) is 31.2 Å². The molecule has 0 fully saturated rings. The first kappa shape index (κ1) is 14.9. The SMILES string of the molecule is Cc1cc(Cl)ccc1OCCNC(C)c1ccccc1. The summed E-state index contributed by atoms with van der Waals surface area (Å²) in [5.74, 6) is 0.892. The van der Waals surface area contributed by atoms with E-state index in [9.17, 15) is 0 Å². The molecule has 0 radical (unpaired) electrons. The van der Waals surface area contributed by atoms with Gasteiger partial charge in [0.15, 0.2) is 0 Å². The van der Waals surface area contributed by atoms with E-state index < -0.39 is 0 Å². The highest BCUT2D eigenvalue weighted by Crippen LogP contribution is 2.21. The minimum Gasteiger partial charge on any atom is -0.492 e. The Bertz CT molecular complexity index is 542. The summed E-state index contributed by atoms with van der Waals surface area (Å²) in [7, 11) is 0. The van der Waals surface area contributed by atoms with Crippen molar-refractivity contribution < 1.29 is 4.74 Å². The maximum Gasteiger partial charge on any atom is 0.122 e. The predicted octanol–water partition coefficient (Wildman–Crippen LogP) is 4.38. The van der Waals surface area contributed by atoms with Crippen LogP contribution in [0.25, 0.3) is 0 Å². The van der Waals surface area contributed by atoms with E-state index in [4.69, 9.17) is 16.3 Å². The molecule has 0 aliphatic heterocycles. The molecule has 0 amide bonds. The highest BCUT2D eigenvalue weighted by Gasteiger charge is 2.04. The van der Waals surface area contributed by atoms with Gasteiger partial charge in [0, 0.05) is 17.6 Å². The Morgan fingerprint density at radius 2 is 1.90 bits per heavy atom. The summed E-state index contributed by atoms with van der Waals surface area (Å²) in [6.45, 7) is 5.60. The van der Waals surface area contributed by atoms with Crippen LogP contribution in [0.5, 0.6) is 5.75 Å². The molecule has 20 heavy (non-hydrogen) atoms. The number of ether oxygens (including phenoxy) is 1. The van der Waals surface area contributed by atoms with Crippen LogP contribution in [0.3, 0.4) is 0 Å². The van der Waals surface area contributed by atoms with E-state index >= 15 is 0 Å². The monoisotopic (exact) mass is 289 g/mol. The molecule has 2 rings (SSSR count). The fourth-order valence-electron chi connectivity index (χ4n) is 2.07. The van der Waals surface area contributed by atoms with Crippen LogP contribution in [0.4, 0.5) is 0 Å². The van der Waals surface area contributed by atoms with Gasteiger partial charge in [0.05, 0.1) is 0 Å². The van der Waals surface area contributed by atoms with Crippen LogP contribution in [-0.4, -0.2) is 13.2 Å². The van der Waals surface area contributed by atoms with E-state index in [0.29, 0.717) is 12.6 Å². The molecular formula is C17H20ClNO. The van der Waals surface area contributed by atoms with Crippen molar-refractivity contribution in [2.24, 2.45) is 0 Å². The van der Waals surface area contributed by atoms with Crippen molar-refractivity contribution in [3.05, 3.63) is 64.7 Å². The second kappa shape index (κ2) is 7.32. The van der Waals surface area contributed by atoms with Crippen LogP contribution in [0.2, 0.25) is 5.02 Å². The van der Waals surface area contributed by atoms with Gasteiger partial charge in [-0.05, 0) is 43.2 Å². The van der Waals surface area contributed by atoms with E-state index in [2.05, 4.69) is 36.5 Å². The molecule has 0 spiro atoms. The number of hydrogen-bond donors (Lipinski definition) is 1. The third-order valence-corrected chi connectivity index (χ3v) is 3.48. The van der Waals surface area contributed by atoms with Crippen molar-refractivity contribution in [1.29, 1.82) is 0 Å². The van der Waals surface area contributed by atoms with Gasteiger partial charge in [0.25, 0.3) is 0 Å². The summed E-state index contributed by atoms with van der Waals surface area (Å²) in [6, 6.07) is 16.4. The van der Waals surface area contributed by atoms with Gasteiger partial charge in [-0.15, -0.1) is 0 Å². The summed E-state index contributed by atoms with van der Waals surface area (Å²) in [4.78, 5) is 0. The number of hydrogen-bond acceptors (Lipinski definition) is 2. The molecule has 0 aliphatic rings. The van der Waals surface area contributed by atoms with Gasteiger partial charge >= 0.3 is 0 Å². The van der Waals surface area contributed by atoms with E-state index in [-0.39, 0.29) is 0 Å². The number of halogens is 1. The maximum atomic E-state index is 5.92. The summed E-state index contributed by atoms with van der Waals surface area (Å²) in [5.41, 5.74) is 2.35. The molecule has 0 aromatic heterocycles. The van der Waals surface area contributed by atoms with Crippen molar-refractivity contribution in [1.82, 2.24) is 5.32 Å². The van der Waals surface area contributed by atoms with Crippen molar-refractivity contribution in [3.63, 3.8) is 0 Å². The number of nitrogens with one attached hydrogen (secondary N) is 1. The lowest BCUT2D eigenvalue weighted by atomic mass is 10.1. The van der Waals surface area contributed by atoms with Crippen LogP contribution >= 0.6 is 11.6 Å². The second-order valence-corrected chi connectivity index (χ2v) is 5.28. The zero-order valence-corrected chi connectivity index (χ0v) is 12.7. The van der Waals surface area contributed by atoms with Crippen LogP contribution in [0.1, 0.15) is 24.1 Å². The Hall–Kier alpha value is -1.51. The zero-order valence-electron chi connectivity index (χ0n) is 11.9. The molecule has 2 aromatic carbocycles. The van der Waals surface area contributed by atoms with Gasteiger partial charge < -0.3 is 10.1 Å². The third-order valence-electron chi connectivity index (χ3n) is 3.25. The fraction of sp³-hybridized carbons (Fsp3) is 0.294. The maximum absolute atomic E-state index is 5.92. The average molecular weight is 290 g/mol. The molecule has 3 heteroatoms. The molecule has 1 N–H and O–H groups in total. The van der Waals surface area contributed by atoms with Crippen molar-refractivity contribution >= 4 is 11.6 Å². The summed E-state index contributed by atoms with van der Waals surface area (Å²) < 4.78 is 5.76. The van der Waals surface area contributed by atoms with Gasteiger partial charge in [-0.3, -0.25) is 0 Å².